The molecule has 0 saturated heterocycles. The normalized spacial score (nSPS) is 10.1. The molecule has 2 aromatic rings. The predicted molar refractivity (Wildman–Crippen MR) is 67.2 cm³/mol. The van der Waals surface area contributed by atoms with Gasteiger partial charge in [0.25, 0.3) is 5.56 Å². The number of aromatic hydroxyl groups is 1. The van der Waals surface area contributed by atoms with Gasteiger partial charge >= 0.3 is 5.69 Å². The van der Waals surface area contributed by atoms with Crippen LogP contribution < -0.4 is 11.2 Å². The van der Waals surface area contributed by atoms with Crippen molar-refractivity contribution in [1.29, 1.82) is 0 Å². The average molecular weight is 260 g/mol. The maximum absolute atomic E-state index is 13.1. The Balaban J connectivity index is 2.78. The molecule has 0 unspecified atom stereocenters. The molecule has 0 bridgehead atoms. The standard InChI is InChI=1S/C13H9FN2O3/c1-2-6-16-12(18)10(11(17)15-13(16)19)8-4-3-5-9(14)7-8/h1,3-5,7,18H,6H2,(H,15,17,19). The molecule has 0 radical (unpaired) electrons. The zero-order valence-corrected chi connectivity index (χ0v) is 9.68. The quantitative estimate of drug-likeness (QED) is 0.780. The molecule has 6 heteroatoms. The first kappa shape index (κ1) is 12.6. The lowest BCUT2D eigenvalue weighted by Gasteiger charge is -2.09. The highest BCUT2D eigenvalue weighted by atomic mass is 19.1. The van der Waals surface area contributed by atoms with E-state index in [-0.39, 0.29) is 17.7 Å². The second kappa shape index (κ2) is 4.82. The van der Waals surface area contributed by atoms with Crippen molar-refractivity contribution in [1.82, 2.24) is 9.55 Å². The van der Waals surface area contributed by atoms with E-state index in [9.17, 15) is 19.1 Å². The molecule has 2 rings (SSSR count). The van der Waals surface area contributed by atoms with Crippen LogP contribution >= 0.6 is 0 Å². The molecule has 0 saturated carbocycles. The Morgan fingerprint density at radius 3 is 2.79 bits per heavy atom. The minimum Gasteiger partial charge on any atom is -0.494 e. The highest BCUT2D eigenvalue weighted by molar-refractivity contribution is 5.67. The van der Waals surface area contributed by atoms with Crippen molar-refractivity contribution >= 4 is 0 Å². The van der Waals surface area contributed by atoms with Crippen molar-refractivity contribution in [2.24, 2.45) is 0 Å². The van der Waals surface area contributed by atoms with Crippen LogP contribution in [0.1, 0.15) is 0 Å². The van der Waals surface area contributed by atoms with E-state index in [2.05, 4.69) is 5.92 Å². The predicted octanol–water partition coefficient (Wildman–Crippen LogP) is 0.681. The molecule has 1 heterocycles. The number of nitrogens with zero attached hydrogens (tertiary/aromatic N) is 1. The molecule has 0 fully saturated rings. The maximum Gasteiger partial charge on any atom is 0.332 e. The number of nitrogens with one attached hydrogen (secondary N) is 1. The summed E-state index contributed by atoms with van der Waals surface area (Å²) in [6, 6.07) is 5.11. The lowest BCUT2D eigenvalue weighted by molar-refractivity contribution is 0.415. The van der Waals surface area contributed by atoms with Gasteiger partial charge in [-0.25, -0.2) is 9.18 Å². The number of aromatic nitrogens is 2. The van der Waals surface area contributed by atoms with Gasteiger partial charge in [0.2, 0.25) is 5.88 Å². The van der Waals surface area contributed by atoms with E-state index in [0.29, 0.717) is 0 Å². The molecule has 0 aliphatic heterocycles. The molecule has 0 spiro atoms. The molecule has 0 aliphatic rings. The van der Waals surface area contributed by atoms with E-state index >= 15 is 0 Å². The third-order valence-corrected chi connectivity index (χ3v) is 2.53. The number of terminal acetylenes is 1. The van der Waals surface area contributed by atoms with Gasteiger partial charge in [0.1, 0.15) is 11.4 Å². The van der Waals surface area contributed by atoms with Crippen LogP contribution in [0.2, 0.25) is 0 Å². The van der Waals surface area contributed by atoms with Crippen molar-refractivity contribution in [3.63, 3.8) is 0 Å². The summed E-state index contributed by atoms with van der Waals surface area (Å²) in [7, 11) is 0. The van der Waals surface area contributed by atoms with E-state index in [0.717, 1.165) is 10.6 Å². The summed E-state index contributed by atoms with van der Waals surface area (Å²) in [5.74, 6) is 1.03. The zero-order chi connectivity index (χ0) is 14.0. The van der Waals surface area contributed by atoms with Gasteiger partial charge in [-0.1, -0.05) is 18.1 Å². The summed E-state index contributed by atoms with van der Waals surface area (Å²) in [5.41, 5.74) is -1.67. The average Bonchev–Trinajstić information content (AvgIpc) is 2.34. The van der Waals surface area contributed by atoms with Crippen LogP contribution in [0.3, 0.4) is 0 Å². The van der Waals surface area contributed by atoms with E-state index in [4.69, 9.17) is 6.42 Å². The highest BCUT2D eigenvalue weighted by Gasteiger charge is 2.15. The monoisotopic (exact) mass is 260 g/mol. The number of H-pyrrole nitrogens is 1. The van der Waals surface area contributed by atoms with Gasteiger partial charge in [-0.2, -0.15) is 0 Å². The van der Waals surface area contributed by atoms with Crippen LogP contribution in [0.5, 0.6) is 5.88 Å². The fourth-order valence-electron chi connectivity index (χ4n) is 1.70. The largest absolute Gasteiger partial charge is 0.494 e. The van der Waals surface area contributed by atoms with E-state index < -0.39 is 22.9 Å². The SMILES string of the molecule is C#CCn1c(O)c(-c2cccc(F)c2)c(=O)[nH]c1=O. The Morgan fingerprint density at radius 2 is 2.16 bits per heavy atom. The van der Waals surface area contributed by atoms with Crippen LogP contribution in [0.15, 0.2) is 33.9 Å². The summed E-state index contributed by atoms with van der Waals surface area (Å²) in [6.45, 7) is -0.205. The van der Waals surface area contributed by atoms with Gasteiger partial charge in [-0.05, 0) is 17.7 Å². The number of aromatic amines is 1. The Morgan fingerprint density at radius 1 is 1.42 bits per heavy atom. The number of hydrogen-bond acceptors (Lipinski definition) is 3. The smallest absolute Gasteiger partial charge is 0.332 e. The molecular formula is C13H9FN2O3. The molecule has 5 nitrogen and oxygen atoms in total. The summed E-state index contributed by atoms with van der Waals surface area (Å²) < 4.78 is 14.0. The lowest BCUT2D eigenvalue weighted by atomic mass is 10.1. The van der Waals surface area contributed by atoms with Crippen molar-refractivity contribution in [3.8, 4) is 29.4 Å². The molecule has 0 amide bonds. The molecule has 19 heavy (non-hydrogen) atoms. The van der Waals surface area contributed by atoms with Crippen molar-refractivity contribution in [2.45, 2.75) is 6.54 Å². The van der Waals surface area contributed by atoms with Gasteiger partial charge < -0.3 is 5.11 Å². The third kappa shape index (κ3) is 2.26. The fourth-order valence-corrected chi connectivity index (χ4v) is 1.70. The Labute approximate surface area is 107 Å². The number of rotatable bonds is 2. The topological polar surface area (TPSA) is 75.1 Å². The molecule has 1 aromatic carbocycles. The fraction of sp³-hybridized carbons (Fsp3) is 0.0769. The molecule has 0 atom stereocenters. The minimum atomic E-state index is -0.819. The zero-order valence-electron chi connectivity index (χ0n) is 9.68. The lowest BCUT2D eigenvalue weighted by Crippen LogP contribution is -2.30. The van der Waals surface area contributed by atoms with Gasteiger partial charge in [-0.3, -0.25) is 14.3 Å². The summed E-state index contributed by atoms with van der Waals surface area (Å²) in [6.07, 6.45) is 5.08. The van der Waals surface area contributed by atoms with Crippen LogP contribution in [0, 0.1) is 18.2 Å². The van der Waals surface area contributed by atoms with E-state index in [1.807, 2.05) is 4.98 Å². The molecule has 0 aliphatic carbocycles. The van der Waals surface area contributed by atoms with Crippen LogP contribution in [-0.4, -0.2) is 14.7 Å². The highest BCUT2D eigenvalue weighted by Crippen LogP contribution is 2.24. The van der Waals surface area contributed by atoms with Gasteiger partial charge in [-0.15, -0.1) is 6.42 Å². The second-order valence-corrected chi connectivity index (χ2v) is 3.76. The van der Waals surface area contributed by atoms with Crippen molar-refractivity contribution in [3.05, 3.63) is 50.9 Å². The minimum absolute atomic E-state index is 0.157. The maximum atomic E-state index is 13.1. The first-order valence-electron chi connectivity index (χ1n) is 5.30. The van der Waals surface area contributed by atoms with Crippen LogP contribution in [0.25, 0.3) is 11.1 Å². The first-order valence-corrected chi connectivity index (χ1v) is 5.30. The summed E-state index contributed by atoms with van der Waals surface area (Å²) in [5, 5.41) is 9.95. The Hall–Kier alpha value is -2.81. The number of halogens is 1. The second-order valence-electron chi connectivity index (χ2n) is 3.76. The van der Waals surface area contributed by atoms with Crippen LogP contribution in [-0.2, 0) is 6.54 Å². The Bertz CT molecular complexity index is 784. The van der Waals surface area contributed by atoms with Gasteiger partial charge in [0.15, 0.2) is 0 Å². The molecule has 1 aromatic heterocycles. The number of hydrogen-bond donors (Lipinski definition) is 2. The van der Waals surface area contributed by atoms with Crippen LogP contribution in [0.4, 0.5) is 4.39 Å². The van der Waals surface area contributed by atoms with E-state index in [1.165, 1.54) is 18.2 Å². The van der Waals surface area contributed by atoms with Gasteiger partial charge in [0.05, 0.1) is 6.54 Å². The first-order chi connectivity index (χ1) is 9.04. The molecule has 96 valence electrons. The summed E-state index contributed by atoms with van der Waals surface area (Å²) in [4.78, 5) is 25.2. The van der Waals surface area contributed by atoms with E-state index in [1.54, 1.807) is 0 Å². The van der Waals surface area contributed by atoms with Crippen molar-refractivity contribution in [2.75, 3.05) is 0 Å². The summed E-state index contributed by atoms with van der Waals surface area (Å²) >= 11 is 0. The van der Waals surface area contributed by atoms with Gasteiger partial charge in [0, 0.05) is 0 Å². The molecule has 2 N–H and O–H groups in total. The van der Waals surface area contributed by atoms with Crippen molar-refractivity contribution < 1.29 is 9.50 Å². The number of benzene rings is 1. The Kier molecular flexibility index (Phi) is 3.21. The third-order valence-electron chi connectivity index (χ3n) is 2.53. The molecular weight excluding hydrogens is 251 g/mol.